The SMILES string of the molecule is CCOC(=O)c1ccc(OC(=O)c2ccccc2)c(OC)c1. The summed E-state index contributed by atoms with van der Waals surface area (Å²) in [5, 5.41) is 0. The molecule has 0 saturated carbocycles. The molecule has 2 aromatic rings. The number of carbonyl (C=O) groups is 2. The van der Waals surface area contributed by atoms with Gasteiger partial charge in [0.25, 0.3) is 0 Å². The highest BCUT2D eigenvalue weighted by molar-refractivity contribution is 5.92. The number of hydrogen-bond donors (Lipinski definition) is 0. The van der Waals surface area contributed by atoms with Crippen molar-refractivity contribution < 1.29 is 23.8 Å². The van der Waals surface area contributed by atoms with Crippen molar-refractivity contribution >= 4 is 11.9 Å². The van der Waals surface area contributed by atoms with Gasteiger partial charge in [0.2, 0.25) is 0 Å². The molecule has 0 aliphatic rings. The van der Waals surface area contributed by atoms with Gasteiger partial charge in [-0.3, -0.25) is 0 Å². The summed E-state index contributed by atoms with van der Waals surface area (Å²) in [5.74, 6) is -0.427. The summed E-state index contributed by atoms with van der Waals surface area (Å²) in [6, 6.07) is 13.1. The van der Waals surface area contributed by atoms with E-state index >= 15 is 0 Å². The number of methoxy groups -OCH3 is 1. The summed E-state index contributed by atoms with van der Waals surface area (Å²) in [5.41, 5.74) is 0.761. The maximum absolute atomic E-state index is 12.0. The molecule has 0 aliphatic carbocycles. The Morgan fingerprint density at radius 2 is 1.64 bits per heavy atom. The van der Waals surface area contributed by atoms with Crippen LogP contribution in [0, 0.1) is 0 Å². The second kappa shape index (κ2) is 7.26. The highest BCUT2D eigenvalue weighted by atomic mass is 16.6. The van der Waals surface area contributed by atoms with Crippen molar-refractivity contribution in [2.24, 2.45) is 0 Å². The molecule has 5 heteroatoms. The molecule has 22 heavy (non-hydrogen) atoms. The molecule has 0 spiro atoms. The highest BCUT2D eigenvalue weighted by Crippen LogP contribution is 2.29. The van der Waals surface area contributed by atoms with Gasteiger partial charge in [0.1, 0.15) is 0 Å². The minimum absolute atomic E-state index is 0.240. The van der Waals surface area contributed by atoms with Crippen molar-refractivity contribution in [1.82, 2.24) is 0 Å². The topological polar surface area (TPSA) is 61.8 Å². The largest absolute Gasteiger partial charge is 0.493 e. The van der Waals surface area contributed by atoms with Gasteiger partial charge < -0.3 is 14.2 Å². The fourth-order valence-corrected chi connectivity index (χ4v) is 1.83. The van der Waals surface area contributed by atoms with Crippen molar-refractivity contribution in [1.29, 1.82) is 0 Å². The Hall–Kier alpha value is -2.82. The van der Waals surface area contributed by atoms with Crippen LogP contribution in [0.1, 0.15) is 27.6 Å². The van der Waals surface area contributed by atoms with Crippen molar-refractivity contribution in [3.05, 3.63) is 59.7 Å². The third kappa shape index (κ3) is 3.63. The third-order valence-electron chi connectivity index (χ3n) is 2.89. The molecule has 114 valence electrons. The molecule has 0 bridgehead atoms. The zero-order valence-electron chi connectivity index (χ0n) is 12.4. The Labute approximate surface area is 128 Å². The van der Waals surface area contributed by atoms with Gasteiger partial charge in [-0.25, -0.2) is 9.59 Å². The molecule has 0 atom stereocenters. The van der Waals surface area contributed by atoms with E-state index in [1.807, 2.05) is 6.07 Å². The number of rotatable bonds is 5. The first kappa shape index (κ1) is 15.6. The maximum atomic E-state index is 12.0. The minimum Gasteiger partial charge on any atom is -0.493 e. The Balaban J connectivity index is 2.21. The predicted molar refractivity (Wildman–Crippen MR) is 80.4 cm³/mol. The lowest BCUT2D eigenvalue weighted by Crippen LogP contribution is -2.10. The molecule has 2 rings (SSSR count). The van der Waals surface area contributed by atoms with Crippen LogP contribution in [0.15, 0.2) is 48.5 Å². The average Bonchev–Trinajstić information content (AvgIpc) is 2.56. The molecular weight excluding hydrogens is 284 g/mol. The zero-order valence-corrected chi connectivity index (χ0v) is 12.4. The second-order valence-electron chi connectivity index (χ2n) is 4.34. The zero-order chi connectivity index (χ0) is 15.9. The van der Waals surface area contributed by atoms with E-state index in [0.29, 0.717) is 11.1 Å². The smallest absolute Gasteiger partial charge is 0.343 e. The van der Waals surface area contributed by atoms with Crippen LogP contribution in [0.5, 0.6) is 11.5 Å². The average molecular weight is 300 g/mol. The van der Waals surface area contributed by atoms with Gasteiger partial charge in [0.15, 0.2) is 11.5 Å². The first-order valence-corrected chi connectivity index (χ1v) is 6.78. The van der Waals surface area contributed by atoms with Gasteiger partial charge in [0.05, 0.1) is 24.8 Å². The fraction of sp³-hybridized carbons (Fsp3) is 0.176. The number of benzene rings is 2. The van der Waals surface area contributed by atoms with E-state index in [0.717, 1.165) is 0 Å². The molecule has 0 N–H and O–H groups in total. The van der Waals surface area contributed by atoms with Gasteiger partial charge in [-0.2, -0.15) is 0 Å². The fourth-order valence-electron chi connectivity index (χ4n) is 1.83. The first-order chi connectivity index (χ1) is 10.7. The number of hydrogen-bond acceptors (Lipinski definition) is 5. The van der Waals surface area contributed by atoms with Crippen LogP contribution in [0.25, 0.3) is 0 Å². The van der Waals surface area contributed by atoms with Crippen LogP contribution >= 0.6 is 0 Å². The van der Waals surface area contributed by atoms with Crippen LogP contribution in [-0.2, 0) is 4.74 Å². The summed E-state index contributed by atoms with van der Waals surface area (Å²) in [6.07, 6.45) is 0. The van der Waals surface area contributed by atoms with Gasteiger partial charge in [-0.05, 0) is 37.3 Å². The van der Waals surface area contributed by atoms with E-state index < -0.39 is 11.9 Å². The first-order valence-electron chi connectivity index (χ1n) is 6.78. The lowest BCUT2D eigenvalue weighted by molar-refractivity contribution is 0.0526. The molecule has 0 amide bonds. The number of ether oxygens (including phenoxy) is 3. The monoisotopic (exact) mass is 300 g/mol. The quantitative estimate of drug-likeness (QED) is 0.627. The van der Waals surface area contributed by atoms with Crippen molar-refractivity contribution in [3.63, 3.8) is 0 Å². The van der Waals surface area contributed by atoms with Gasteiger partial charge in [0, 0.05) is 0 Å². The van der Waals surface area contributed by atoms with E-state index in [1.165, 1.54) is 25.3 Å². The lowest BCUT2D eigenvalue weighted by Gasteiger charge is -2.10. The lowest BCUT2D eigenvalue weighted by atomic mass is 10.2. The molecule has 0 fully saturated rings. The normalized spacial score (nSPS) is 9.91. The second-order valence-corrected chi connectivity index (χ2v) is 4.34. The van der Waals surface area contributed by atoms with Crippen molar-refractivity contribution in [3.8, 4) is 11.5 Å². The summed E-state index contributed by atoms with van der Waals surface area (Å²) in [6.45, 7) is 2.01. The Morgan fingerprint density at radius 3 is 2.27 bits per heavy atom. The summed E-state index contributed by atoms with van der Waals surface area (Å²) in [7, 11) is 1.43. The Morgan fingerprint density at radius 1 is 0.909 bits per heavy atom. The highest BCUT2D eigenvalue weighted by Gasteiger charge is 2.15. The van der Waals surface area contributed by atoms with E-state index in [9.17, 15) is 9.59 Å². The van der Waals surface area contributed by atoms with Crippen LogP contribution < -0.4 is 9.47 Å². The molecule has 0 aromatic heterocycles. The minimum atomic E-state index is -0.497. The van der Waals surface area contributed by atoms with Crippen LogP contribution in [-0.4, -0.2) is 25.7 Å². The van der Waals surface area contributed by atoms with E-state index in [2.05, 4.69) is 0 Å². The van der Waals surface area contributed by atoms with Crippen LogP contribution in [0.3, 0.4) is 0 Å². The van der Waals surface area contributed by atoms with Gasteiger partial charge >= 0.3 is 11.9 Å². The van der Waals surface area contributed by atoms with Crippen molar-refractivity contribution in [2.75, 3.05) is 13.7 Å². The molecule has 0 unspecified atom stereocenters. The molecule has 5 nitrogen and oxygen atoms in total. The molecule has 2 aromatic carbocycles. The summed E-state index contributed by atoms with van der Waals surface area (Å²) >= 11 is 0. The Kier molecular flexibility index (Phi) is 5.14. The molecule has 0 aliphatic heterocycles. The van der Waals surface area contributed by atoms with E-state index in [-0.39, 0.29) is 18.1 Å². The number of carbonyl (C=O) groups excluding carboxylic acids is 2. The predicted octanol–water partition coefficient (Wildman–Crippen LogP) is 3.09. The van der Waals surface area contributed by atoms with E-state index in [4.69, 9.17) is 14.2 Å². The third-order valence-corrected chi connectivity index (χ3v) is 2.89. The van der Waals surface area contributed by atoms with E-state index in [1.54, 1.807) is 31.2 Å². The number of esters is 2. The van der Waals surface area contributed by atoms with Crippen LogP contribution in [0.2, 0.25) is 0 Å². The van der Waals surface area contributed by atoms with Gasteiger partial charge in [-0.15, -0.1) is 0 Å². The standard InChI is InChI=1S/C17H16O5/c1-3-21-16(18)13-9-10-14(15(11-13)20-2)22-17(19)12-7-5-4-6-8-12/h4-11H,3H2,1-2H3. The molecule has 0 saturated heterocycles. The van der Waals surface area contributed by atoms with Crippen LogP contribution in [0.4, 0.5) is 0 Å². The Bertz CT molecular complexity index is 664. The summed E-state index contributed by atoms with van der Waals surface area (Å²) in [4.78, 5) is 23.7. The molecule has 0 radical (unpaired) electrons. The van der Waals surface area contributed by atoms with Crippen molar-refractivity contribution in [2.45, 2.75) is 6.92 Å². The van der Waals surface area contributed by atoms with Gasteiger partial charge in [-0.1, -0.05) is 18.2 Å². The molecular formula is C17H16O5. The maximum Gasteiger partial charge on any atom is 0.343 e. The molecule has 0 heterocycles. The summed E-state index contributed by atoms with van der Waals surface area (Å²) < 4.78 is 15.4.